The van der Waals surface area contributed by atoms with E-state index in [1.165, 1.54) is 5.56 Å². The van der Waals surface area contributed by atoms with Crippen molar-refractivity contribution in [3.8, 4) is 0 Å². The molecule has 0 aliphatic carbocycles. The Hall–Kier alpha value is -0.620. The number of nitrogens with one attached hydrogen (secondary N) is 1. The van der Waals surface area contributed by atoms with Gasteiger partial charge in [-0.05, 0) is 53.5 Å². The zero-order chi connectivity index (χ0) is 15.7. The van der Waals surface area contributed by atoms with E-state index in [-0.39, 0.29) is 6.61 Å². The van der Waals surface area contributed by atoms with Crippen LogP contribution >= 0.6 is 15.9 Å². The SMILES string of the molecule is CCCNC(C)c1ccc(N(CCO)CCOC)c(Br)c1. The average Bonchev–Trinajstić information content (AvgIpc) is 2.49. The largest absolute Gasteiger partial charge is 0.395 e. The van der Waals surface area contributed by atoms with Crippen molar-refractivity contribution < 1.29 is 9.84 Å². The molecule has 4 nitrogen and oxygen atoms in total. The third-order valence-electron chi connectivity index (χ3n) is 3.45. The van der Waals surface area contributed by atoms with E-state index in [9.17, 15) is 5.11 Å². The van der Waals surface area contributed by atoms with E-state index in [2.05, 4.69) is 58.2 Å². The van der Waals surface area contributed by atoms with E-state index in [1.54, 1.807) is 7.11 Å². The van der Waals surface area contributed by atoms with Gasteiger partial charge in [-0.3, -0.25) is 0 Å². The maximum absolute atomic E-state index is 9.22. The molecule has 0 aliphatic heterocycles. The van der Waals surface area contributed by atoms with Crippen LogP contribution in [0.4, 0.5) is 5.69 Å². The summed E-state index contributed by atoms with van der Waals surface area (Å²) in [6.07, 6.45) is 1.13. The normalized spacial score (nSPS) is 12.4. The Kier molecular flexibility index (Phi) is 8.92. The fourth-order valence-corrected chi connectivity index (χ4v) is 2.85. The zero-order valence-electron chi connectivity index (χ0n) is 13.2. The van der Waals surface area contributed by atoms with E-state index in [0.717, 1.165) is 29.7 Å². The van der Waals surface area contributed by atoms with Crippen LogP contribution in [0.3, 0.4) is 0 Å². The van der Waals surface area contributed by atoms with Gasteiger partial charge in [-0.15, -0.1) is 0 Å². The van der Waals surface area contributed by atoms with Gasteiger partial charge < -0.3 is 20.1 Å². The quantitative estimate of drug-likeness (QED) is 0.674. The van der Waals surface area contributed by atoms with Crippen LogP contribution in [0.25, 0.3) is 0 Å². The summed E-state index contributed by atoms with van der Waals surface area (Å²) in [6.45, 7) is 7.50. The first-order valence-electron chi connectivity index (χ1n) is 7.51. The van der Waals surface area contributed by atoms with Gasteiger partial charge >= 0.3 is 0 Å². The van der Waals surface area contributed by atoms with Crippen LogP contribution in [0.2, 0.25) is 0 Å². The Balaban J connectivity index is 2.83. The molecule has 2 N–H and O–H groups in total. The van der Waals surface area contributed by atoms with E-state index < -0.39 is 0 Å². The monoisotopic (exact) mass is 358 g/mol. The highest BCUT2D eigenvalue weighted by molar-refractivity contribution is 9.10. The second-order valence-corrected chi connectivity index (χ2v) is 5.94. The minimum absolute atomic E-state index is 0.131. The van der Waals surface area contributed by atoms with Gasteiger partial charge in [0.2, 0.25) is 0 Å². The maximum Gasteiger partial charge on any atom is 0.0637 e. The van der Waals surface area contributed by atoms with Crippen molar-refractivity contribution in [3.05, 3.63) is 28.2 Å². The number of aliphatic hydroxyl groups is 1. The van der Waals surface area contributed by atoms with E-state index in [0.29, 0.717) is 19.2 Å². The molecule has 0 saturated carbocycles. The third kappa shape index (κ3) is 5.94. The molecule has 1 aromatic carbocycles. The number of nitrogens with zero attached hydrogens (tertiary/aromatic N) is 1. The Morgan fingerprint density at radius 1 is 1.38 bits per heavy atom. The molecule has 1 aromatic rings. The molecular formula is C16H27BrN2O2. The minimum Gasteiger partial charge on any atom is -0.395 e. The van der Waals surface area contributed by atoms with Crippen molar-refractivity contribution in [1.29, 1.82) is 0 Å². The lowest BCUT2D eigenvalue weighted by Crippen LogP contribution is -2.30. The van der Waals surface area contributed by atoms with Crippen molar-refractivity contribution >= 4 is 21.6 Å². The second-order valence-electron chi connectivity index (χ2n) is 5.09. The summed E-state index contributed by atoms with van der Waals surface area (Å²) in [6, 6.07) is 6.74. The smallest absolute Gasteiger partial charge is 0.0637 e. The highest BCUT2D eigenvalue weighted by Crippen LogP contribution is 2.29. The number of halogens is 1. The number of methoxy groups -OCH3 is 1. The van der Waals surface area contributed by atoms with Gasteiger partial charge in [0.05, 0.1) is 18.9 Å². The fourth-order valence-electron chi connectivity index (χ4n) is 2.20. The Morgan fingerprint density at radius 2 is 2.14 bits per heavy atom. The van der Waals surface area contributed by atoms with Gasteiger partial charge in [0.15, 0.2) is 0 Å². The predicted molar refractivity (Wildman–Crippen MR) is 92.0 cm³/mol. The number of ether oxygens (including phenoxy) is 1. The number of rotatable bonds is 10. The molecule has 0 spiro atoms. The molecule has 0 amide bonds. The zero-order valence-corrected chi connectivity index (χ0v) is 14.8. The molecule has 5 heteroatoms. The summed E-state index contributed by atoms with van der Waals surface area (Å²) in [4.78, 5) is 2.13. The van der Waals surface area contributed by atoms with E-state index >= 15 is 0 Å². The predicted octanol–water partition coefficient (Wildman–Crippen LogP) is 2.95. The lowest BCUT2D eigenvalue weighted by molar-refractivity contribution is 0.203. The molecule has 1 unspecified atom stereocenters. The van der Waals surface area contributed by atoms with Gasteiger partial charge in [0.25, 0.3) is 0 Å². The van der Waals surface area contributed by atoms with Gasteiger partial charge in [-0.1, -0.05) is 13.0 Å². The fraction of sp³-hybridized carbons (Fsp3) is 0.625. The van der Waals surface area contributed by atoms with Crippen LogP contribution in [0.1, 0.15) is 31.9 Å². The number of anilines is 1. The summed E-state index contributed by atoms with van der Waals surface area (Å²) in [5.74, 6) is 0. The average molecular weight is 359 g/mol. The lowest BCUT2D eigenvalue weighted by atomic mass is 10.1. The Bertz CT molecular complexity index is 415. The van der Waals surface area contributed by atoms with Gasteiger partial charge in [-0.25, -0.2) is 0 Å². The first kappa shape index (κ1) is 18.4. The van der Waals surface area contributed by atoms with Crippen molar-refractivity contribution in [3.63, 3.8) is 0 Å². The molecule has 0 saturated heterocycles. The standard InChI is InChI=1S/C16H27BrN2O2/c1-4-7-18-13(2)14-5-6-16(15(17)12-14)19(8-10-20)9-11-21-3/h5-6,12-13,18,20H,4,7-11H2,1-3H3. The van der Waals surface area contributed by atoms with Crippen LogP contribution < -0.4 is 10.2 Å². The highest BCUT2D eigenvalue weighted by Gasteiger charge is 2.12. The van der Waals surface area contributed by atoms with Crippen molar-refractivity contribution in [2.45, 2.75) is 26.3 Å². The van der Waals surface area contributed by atoms with Crippen LogP contribution in [0.15, 0.2) is 22.7 Å². The summed E-state index contributed by atoms with van der Waals surface area (Å²) in [7, 11) is 1.69. The summed E-state index contributed by atoms with van der Waals surface area (Å²) in [5.41, 5.74) is 2.35. The number of hydrogen-bond acceptors (Lipinski definition) is 4. The minimum atomic E-state index is 0.131. The molecule has 0 radical (unpaired) electrons. The highest BCUT2D eigenvalue weighted by atomic mass is 79.9. The lowest BCUT2D eigenvalue weighted by Gasteiger charge is -2.26. The van der Waals surface area contributed by atoms with Crippen LogP contribution in [-0.4, -0.2) is 45.1 Å². The van der Waals surface area contributed by atoms with Crippen LogP contribution in [0, 0.1) is 0 Å². The van der Waals surface area contributed by atoms with Crippen LogP contribution in [-0.2, 0) is 4.74 Å². The van der Waals surface area contributed by atoms with Gasteiger partial charge in [-0.2, -0.15) is 0 Å². The molecule has 120 valence electrons. The summed E-state index contributed by atoms with van der Waals surface area (Å²) in [5, 5.41) is 12.7. The second kappa shape index (κ2) is 10.2. The molecule has 0 bridgehead atoms. The third-order valence-corrected chi connectivity index (χ3v) is 4.08. The molecule has 1 atom stereocenters. The molecule has 0 heterocycles. The first-order valence-corrected chi connectivity index (χ1v) is 8.30. The van der Waals surface area contributed by atoms with Crippen molar-refractivity contribution in [2.24, 2.45) is 0 Å². The van der Waals surface area contributed by atoms with E-state index in [4.69, 9.17) is 4.74 Å². The van der Waals surface area contributed by atoms with Crippen molar-refractivity contribution in [1.82, 2.24) is 5.32 Å². The number of hydrogen-bond donors (Lipinski definition) is 2. The molecule has 1 rings (SSSR count). The molecular weight excluding hydrogens is 332 g/mol. The van der Waals surface area contributed by atoms with Gasteiger partial charge in [0, 0.05) is 30.7 Å². The number of aliphatic hydroxyl groups excluding tert-OH is 1. The summed E-state index contributed by atoms with van der Waals surface area (Å²) < 4.78 is 6.19. The molecule has 21 heavy (non-hydrogen) atoms. The Morgan fingerprint density at radius 3 is 2.71 bits per heavy atom. The Labute approximate surface area is 136 Å². The van der Waals surface area contributed by atoms with Crippen molar-refractivity contribution in [2.75, 3.05) is 44.9 Å². The maximum atomic E-state index is 9.22. The molecule has 0 aromatic heterocycles. The van der Waals surface area contributed by atoms with Crippen LogP contribution in [0.5, 0.6) is 0 Å². The topological polar surface area (TPSA) is 44.7 Å². The van der Waals surface area contributed by atoms with E-state index in [1.807, 2.05) is 0 Å². The summed E-state index contributed by atoms with van der Waals surface area (Å²) >= 11 is 3.65. The molecule has 0 aliphatic rings. The molecule has 0 fully saturated rings. The van der Waals surface area contributed by atoms with Gasteiger partial charge in [0.1, 0.15) is 0 Å². The first-order chi connectivity index (χ1) is 10.1. The number of benzene rings is 1.